The van der Waals surface area contributed by atoms with Crippen LogP contribution in [0.25, 0.3) is 0 Å². The van der Waals surface area contributed by atoms with Crippen LogP contribution in [0.4, 0.5) is 15.8 Å². The van der Waals surface area contributed by atoms with E-state index in [0.29, 0.717) is 10.2 Å². The largest absolute Gasteiger partial charge is 0.321 e. The van der Waals surface area contributed by atoms with Gasteiger partial charge in [-0.15, -0.1) is 0 Å². The molecular weight excluding hydrogens is 483 g/mol. The molecule has 0 fully saturated rings. The van der Waals surface area contributed by atoms with Gasteiger partial charge < -0.3 is 5.32 Å². The van der Waals surface area contributed by atoms with Gasteiger partial charge in [-0.25, -0.2) is 12.8 Å². The molecule has 3 rings (SSSR count). The lowest BCUT2D eigenvalue weighted by Gasteiger charge is -2.20. The average molecular weight is 498 g/mol. The number of benzene rings is 3. The predicted octanol–water partition coefficient (Wildman–Crippen LogP) is 5.32. The Bertz CT molecular complexity index is 1170. The van der Waals surface area contributed by atoms with Crippen molar-refractivity contribution >= 4 is 54.8 Å². The van der Waals surface area contributed by atoms with E-state index >= 15 is 0 Å². The van der Waals surface area contributed by atoms with Gasteiger partial charge in [-0.1, -0.05) is 23.7 Å². The first-order valence-electron chi connectivity index (χ1n) is 8.30. The fraction of sp³-hybridized carbons (Fsp3) is 0.0500. The van der Waals surface area contributed by atoms with Crippen molar-refractivity contribution in [2.45, 2.75) is 4.90 Å². The van der Waals surface area contributed by atoms with E-state index in [-0.39, 0.29) is 21.2 Å². The molecule has 0 saturated heterocycles. The fourth-order valence-corrected chi connectivity index (χ4v) is 4.35. The van der Waals surface area contributed by atoms with Crippen molar-refractivity contribution in [3.8, 4) is 0 Å². The van der Waals surface area contributed by atoms with Crippen LogP contribution in [0.2, 0.25) is 5.02 Å². The van der Waals surface area contributed by atoms with Gasteiger partial charge in [0.05, 0.1) is 26.9 Å². The van der Waals surface area contributed by atoms with Crippen molar-refractivity contribution < 1.29 is 17.6 Å². The number of anilines is 2. The Morgan fingerprint density at radius 3 is 2.38 bits per heavy atom. The molecule has 3 aromatic carbocycles. The molecule has 9 heteroatoms. The first kappa shape index (κ1) is 21.3. The number of rotatable bonds is 5. The average Bonchev–Trinajstić information content (AvgIpc) is 2.70. The van der Waals surface area contributed by atoms with E-state index in [2.05, 4.69) is 21.2 Å². The summed E-state index contributed by atoms with van der Waals surface area (Å²) >= 11 is 9.47. The van der Waals surface area contributed by atoms with Crippen molar-refractivity contribution in [1.29, 1.82) is 0 Å². The Morgan fingerprint density at radius 1 is 1.07 bits per heavy atom. The SMILES string of the molecule is CN(c1ccc(F)cc1)S(=O)(=O)c1ccc(Cl)c(C(=O)Nc2ccccc2Br)c1. The summed E-state index contributed by atoms with van der Waals surface area (Å²) in [5.41, 5.74) is 0.807. The van der Waals surface area contributed by atoms with Crippen molar-refractivity contribution in [1.82, 2.24) is 0 Å². The number of carbonyl (C=O) groups excluding carboxylic acids is 1. The van der Waals surface area contributed by atoms with Gasteiger partial charge in [0, 0.05) is 11.5 Å². The molecule has 0 unspecified atom stereocenters. The van der Waals surface area contributed by atoms with E-state index in [0.717, 1.165) is 4.31 Å². The smallest absolute Gasteiger partial charge is 0.264 e. The molecule has 0 heterocycles. The molecule has 1 amide bonds. The van der Waals surface area contributed by atoms with E-state index in [1.54, 1.807) is 24.3 Å². The highest BCUT2D eigenvalue weighted by molar-refractivity contribution is 9.10. The summed E-state index contributed by atoms with van der Waals surface area (Å²) in [4.78, 5) is 12.6. The lowest BCUT2D eigenvalue weighted by atomic mass is 10.2. The van der Waals surface area contributed by atoms with Gasteiger partial charge in [-0.2, -0.15) is 0 Å². The molecule has 0 aromatic heterocycles. The molecule has 0 atom stereocenters. The van der Waals surface area contributed by atoms with Crippen LogP contribution in [0.3, 0.4) is 0 Å². The van der Waals surface area contributed by atoms with Crippen LogP contribution in [-0.4, -0.2) is 21.4 Å². The molecule has 29 heavy (non-hydrogen) atoms. The summed E-state index contributed by atoms with van der Waals surface area (Å²) in [5.74, 6) is -1.03. The zero-order chi connectivity index (χ0) is 21.2. The molecule has 0 aliphatic carbocycles. The summed E-state index contributed by atoms with van der Waals surface area (Å²) in [6.07, 6.45) is 0. The lowest BCUT2D eigenvalue weighted by Crippen LogP contribution is -2.27. The fourth-order valence-electron chi connectivity index (χ4n) is 2.54. The molecule has 0 saturated carbocycles. The standard InChI is InChI=1S/C20H15BrClFN2O3S/c1-25(14-8-6-13(23)7-9-14)29(27,28)15-10-11-18(22)16(12-15)20(26)24-19-5-3-2-4-17(19)21/h2-12H,1H3,(H,24,26). The molecule has 1 N–H and O–H groups in total. The van der Waals surface area contributed by atoms with Crippen LogP contribution in [0.1, 0.15) is 10.4 Å². The molecule has 0 radical (unpaired) electrons. The molecule has 0 aliphatic heterocycles. The second-order valence-corrected chi connectivity index (χ2v) is 9.26. The number of hydrogen-bond acceptors (Lipinski definition) is 3. The first-order chi connectivity index (χ1) is 13.7. The molecular formula is C20H15BrClFN2O3S. The highest BCUT2D eigenvalue weighted by Crippen LogP contribution is 2.27. The second-order valence-electron chi connectivity index (χ2n) is 6.02. The first-order valence-corrected chi connectivity index (χ1v) is 10.9. The number of para-hydroxylation sites is 1. The molecule has 0 aliphatic rings. The Morgan fingerprint density at radius 2 is 1.72 bits per heavy atom. The number of nitrogens with one attached hydrogen (secondary N) is 1. The maximum Gasteiger partial charge on any atom is 0.264 e. The highest BCUT2D eigenvalue weighted by Gasteiger charge is 2.24. The predicted molar refractivity (Wildman–Crippen MR) is 116 cm³/mol. The van der Waals surface area contributed by atoms with Crippen LogP contribution in [0.5, 0.6) is 0 Å². The molecule has 3 aromatic rings. The number of hydrogen-bond donors (Lipinski definition) is 1. The third-order valence-electron chi connectivity index (χ3n) is 4.15. The number of carbonyl (C=O) groups is 1. The van der Waals surface area contributed by atoms with Crippen LogP contribution in [-0.2, 0) is 10.0 Å². The molecule has 0 bridgehead atoms. The van der Waals surface area contributed by atoms with E-state index in [9.17, 15) is 17.6 Å². The van der Waals surface area contributed by atoms with Gasteiger partial charge >= 0.3 is 0 Å². The van der Waals surface area contributed by atoms with E-state index < -0.39 is 21.7 Å². The maximum atomic E-state index is 13.1. The maximum absolute atomic E-state index is 13.1. The number of halogens is 3. The van der Waals surface area contributed by atoms with Crippen LogP contribution >= 0.6 is 27.5 Å². The number of amides is 1. The van der Waals surface area contributed by atoms with Gasteiger partial charge in [0.2, 0.25) is 0 Å². The number of nitrogens with zero attached hydrogens (tertiary/aromatic N) is 1. The van der Waals surface area contributed by atoms with E-state index in [4.69, 9.17) is 11.6 Å². The molecule has 150 valence electrons. The van der Waals surface area contributed by atoms with Crippen LogP contribution in [0, 0.1) is 5.82 Å². The van der Waals surface area contributed by atoms with Crippen molar-refractivity contribution in [3.05, 3.63) is 87.6 Å². The lowest BCUT2D eigenvalue weighted by molar-refractivity contribution is 0.102. The minimum atomic E-state index is -4.00. The summed E-state index contributed by atoms with van der Waals surface area (Å²) in [6, 6.07) is 15.9. The van der Waals surface area contributed by atoms with Crippen LogP contribution < -0.4 is 9.62 Å². The minimum Gasteiger partial charge on any atom is -0.321 e. The molecule has 5 nitrogen and oxygen atoms in total. The zero-order valence-corrected chi connectivity index (χ0v) is 18.2. The molecule has 0 spiro atoms. The van der Waals surface area contributed by atoms with E-state index in [1.807, 2.05) is 0 Å². The second kappa shape index (κ2) is 8.52. The van der Waals surface area contributed by atoms with Gasteiger partial charge in [-0.05, 0) is 70.5 Å². The normalized spacial score (nSPS) is 11.2. The third kappa shape index (κ3) is 4.60. The Hall–Kier alpha value is -2.42. The Kier molecular flexibility index (Phi) is 6.26. The number of sulfonamides is 1. The van der Waals surface area contributed by atoms with Gasteiger partial charge in [0.15, 0.2) is 0 Å². The van der Waals surface area contributed by atoms with Crippen molar-refractivity contribution in [2.24, 2.45) is 0 Å². The summed E-state index contributed by atoms with van der Waals surface area (Å²) in [5, 5.41) is 2.80. The van der Waals surface area contributed by atoms with Crippen molar-refractivity contribution in [3.63, 3.8) is 0 Å². The monoisotopic (exact) mass is 496 g/mol. The zero-order valence-electron chi connectivity index (χ0n) is 15.1. The summed E-state index contributed by atoms with van der Waals surface area (Å²) < 4.78 is 40.7. The van der Waals surface area contributed by atoms with Crippen LogP contribution in [0.15, 0.2) is 76.1 Å². The minimum absolute atomic E-state index is 0.0102. The van der Waals surface area contributed by atoms with Gasteiger partial charge in [0.25, 0.3) is 15.9 Å². The highest BCUT2D eigenvalue weighted by atomic mass is 79.9. The Balaban J connectivity index is 1.94. The summed E-state index contributed by atoms with van der Waals surface area (Å²) in [6.45, 7) is 0. The van der Waals surface area contributed by atoms with E-state index in [1.165, 1.54) is 49.5 Å². The third-order valence-corrected chi connectivity index (χ3v) is 6.96. The van der Waals surface area contributed by atoms with Gasteiger partial charge in [-0.3, -0.25) is 9.10 Å². The van der Waals surface area contributed by atoms with Crippen molar-refractivity contribution in [2.75, 3.05) is 16.7 Å². The summed E-state index contributed by atoms with van der Waals surface area (Å²) in [7, 11) is -2.65. The quantitative estimate of drug-likeness (QED) is 0.519. The van der Waals surface area contributed by atoms with Gasteiger partial charge in [0.1, 0.15) is 5.82 Å². The Labute approximate surface area is 181 Å². The topological polar surface area (TPSA) is 66.5 Å².